The molecule has 3 aliphatic heterocycles. The Kier molecular flexibility index (Phi) is 15.0. The molecule has 9 aromatic rings. The molecular formula is C54H50F2N14O5. The number of aliphatic carboxylic acids is 1. The minimum Gasteiger partial charge on any atom is -0.481 e. The number of morpholine rings is 2. The zero-order valence-corrected chi connectivity index (χ0v) is 40.4. The summed E-state index contributed by atoms with van der Waals surface area (Å²) in [4.78, 5) is 65.0. The van der Waals surface area contributed by atoms with Crippen LogP contribution in [0.15, 0.2) is 133 Å². The minimum atomic E-state index is -0.951. The Balaban J connectivity index is 0.000000142. The van der Waals surface area contributed by atoms with E-state index in [0.29, 0.717) is 60.8 Å². The number of nitrogens with zero attached hydrogens (tertiary/aromatic N) is 10. The molecule has 10 heterocycles. The summed E-state index contributed by atoms with van der Waals surface area (Å²) in [7, 11) is 0. The average molecular weight is 1010 g/mol. The summed E-state index contributed by atoms with van der Waals surface area (Å²) < 4.78 is 37.2. The van der Waals surface area contributed by atoms with Crippen molar-refractivity contribution in [2.24, 2.45) is 4.99 Å². The van der Waals surface area contributed by atoms with Gasteiger partial charge < -0.3 is 40.1 Å². The lowest BCUT2D eigenvalue weighted by molar-refractivity contribution is -0.136. The molecule has 2 saturated heterocycles. The zero-order chi connectivity index (χ0) is 51.7. The van der Waals surface area contributed by atoms with E-state index in [-0.39, 0.29) is 12.2 Å². The molecule has 0 amide bonds. The van der Waals surface area contributed by atoms with E-state index < -0.39 is 17.6 Å². The average Bonchev–Trinajstić information content (AvgIpc) is 4.28. The smallest absolute Gasteiger partial charge is 0.309 e. The van der Waals surface area contributed by atoms with Crippen LogP contribution in [0.3, 0.4) is 0 Å². The van der Waals surface area contributed by atoms with Crippen molar-refractivity contribution in [2.45, 2.75) is 19.3 Å². The topological polar surface area (TPSA) is 255 Å². The third kappa shape index (κ3) is 12.2. The van der Waals surface area contributed by atoms with Crippen LogP contribution in [0.4, 0.5) is 26.1 Å². The van der Waals surface area contributed by atoms with Crippen molar-refractivity contribution in [1.29, 1.82) is 0 Å². The molecule has 21 heteroatoms. The number of hydrogen-bond acceptors (Lipinski definition) is 15. The van der Waals surface area contributed by atoms with Gasteiger partial charge in [-0.3, -0.25) is 29.6 Å². The number of imidazole rings is 2. The highest BCUT2D eigenvalue weighted by Gasteiger charge is 2.21. The predicted octanol–water partition coefficient (Wildman–Crippen LogP) is 7.21. The van der Waals surface area contributed by atoms with Crippen LogP contribution in [0.2, 0.25) is 0 Å². The summed E-state index contributed by atoms with van der Waals surface area (Å²) in [6, 6.07) is 23.7. The van der Waals surface area contributed by atoms with Crippen LogP contribution in [0.1, 0.15) is 23.2 Å². The number of Topliss-reactive ketones (excluding diaryl/α,β-unsaturated/α-hetero) is 1. The van der Waals surface area contributed by atoms with Crippen LogP contribution >= 0.6 is 0 Å². The molecule has 75 heavy (non-hydrogen) atoms. The highest BCUT2D eigenvalue weighted by Crippen LogP contribution is 2.29. The van der Waals surface area contributed by atoms with Crippen molar-refractivity contribution in [3.63, 3.8) is 0 Å². The molecule has 0 aliphatic carbocycles. The third-order valence-corrected chi connectivity index (χ3v) is 12.4. The Bertz CT molecular complexity index is 3530. The number of carboxylic acid groups (broad SMARTS) is 1. The van der Waals surface area contributed by atoms with Crippen LogP contribution < -0.4 is 15.5 Å². The number of anilines is 3. The lowest BCUT2D eigenvalue weighted by Gasteiger charge is -2.27. The molecule has 2 fully saturated rings. The largest absolute Gasteiger partial charge is 0.481 e. The Morgan fingerprint density at radius 3 is 1.76 bits per heavy atom. The zero-order valence-electron chi connectivity index (χ0n) is 40.4. The van der Waals surface area contributed by atoms with Crippen molar-refractivity contribution < 1.29 is 33.0 Å². The van der Waals surface area contributed by atoms with Gasteiger partial charge in [-0.05, 0) is 71.8 Å². The number of nitrogen functional groups attached to an aromatic ring is 1. The van der Waals surface area contributed by atoms with Gasteiger partial charge >= 0.3 is 5.97 Å². The number of aromatic nitrogens is 10. The number of carbonyl (C=O) groups is 2. The fourth-order valence-electron chi connectivity index (χ4n) is 8.71. The molecule has 3 aliphatic rings. The number of ketones is 1. The van der Waals surface area contributed by atoms with Crippen LogP contribution in [-0.4, -0.2) is 132 Å². The van der Waals surface area contributed by atoms with Crippen LogP contribution in [0.25, 0.3) is 56.1 Å². The van der Waals surface area contributed by atoms with E-state index >= 15 is 0 Å². The van der Waals surface area contributed by atoms with Gasteiger partial charge in [-0.25, -0.2) is 28.7 Å². The fraction of sp³-hybridized carbons (Fsp3) is 0.222. The third-order valence-electron chi connectivity index (χ3n) is 12.4. The van der Waals surface area contributed by atoms with E-state index in [1.807, 2.05) is 72.9 Å². The Hall–Kier alpha value is -9.08. The number of H-pyrrole nitrogens is 3. The molecule has 6 N–H and O–H groups in total. The molecule has 0 bridgehead atoms. The molecule has 0 spiro atoms. The normalized spacial score (nSPS) is 14.4. The van der Waals surface area contributed by atoms with Gasteiger partial charge in [-0.2, -0.15) is 5.10 Å². The van der Waals surface area contributed by atoms with Crippen LogP contribution in [0, 0.1) is 11.6 Å². The van der Waals surface area contributed by atoms with Crippen LogP contribution in [0.5, 0.6) is 0 Å². The summed E-state index contributed by atoms with van der Waals surface area (Å²) >= 11 is 0. The highest BCUT2D eigenvalue weighted by atomic mass is 19.1. The number of nitrogens with two attached hydrogens (primary N) is 1. The van der Waals surface area contributed by atoms with Crippen molar-refractivity contribution in [3.8, 4) is 34.0 Å². The fourth-order valence-corrected chi connectivity index (χ4v) is 8.71. The number of benzene rings is 2. The quantitative estimate of drug-likeness (QED) is 0.0758. The maximum Gasteiger partial charge on any atom is 0.309 e. The number of aromatic amines is 3. The maximum atomic E-state index is 13.4. The SMILES string of the molecule is Nc1ccc(-c2nc3c(N4CCOCC4)nccc3[nH]2)cc1.O=C(CC1=CC(c2cncc(F)c2)=NC1)Cc1ccc(-c2nc3c(N4CCOCC4)nccc3[nH]2)cc1.O=C(O)Cc1cc(-c2cncc(F)c2)n[nH]1. The number of hydrogen-bond donors (Lipinski definition) is 5. The molecular weight excluding hydrogens is 963 g/mol. The molecule has 19 nitrogen and oxygen atoms in total. The predicted molar refractivity (Wildman–Crippen MR) is 279 cm³/mol. The summed E-state index contributed by atoms with van der Waals surface area (Å²) in [5.74, 6) is 1.68. The van der Waals surface area contributed by atoms with Crippen molar-refractivity contribution in [2.75, 3.05) is 74.7 Å². The summed E-state index contributed by atoms with van der Waals surface area (Å²) in [5.41, 5.74) is 16.7. The first-order valence-corrected chi connectivity index (χ1v) is 24.1. The number of fused-ring (bicyclic) bond motifs is 2. The molecule has 2 aromatic carbocycles. The Morgan fingerprint density at radius 2 is 1.20 bits per heavy atom. The van der Waals surface area contributed by atoms with Gasteiger partial charge in [0.05, 0.1) is 74.2 Å². The number of allylic oxidation sites excluding steroid dienone is 1. The molecule has 0 radical (unpaired) electrons. The van der Waals surface area contributed by atoms with E-state index in [9.17, 15) is 18.4 Å². The number of rotatable bonds is 12. The molecule has 0 saturated carbocycles. The minimum absolute atomic E-state index is 0.109. The van der Waals surface area contributed by atoms with E-state index in [2.05, 4.69) is 54.9 Å². The Morgan fingerprint density at radius 1 is 0.653 bits per heavy atom. The second-order valence-corrected chi connectivity index (χ2v) is 17.8. The lowest BCUT2D eigenvalue weighted by atomic mass is 10.0. The lowest BCUT2D eigenvalue weighted by Crippen LogP contribution is -2.36. The Labute approximate surface area is 427 Å². The summed E-state index contributed by atoms with van der Waals surface area (Å²) in [5, 5.41) is 15.0. The first-order valence-electron chi connectivity index (χ1n) is 24.1. The van der Waals surface area contributed by atoms with Gasteiger partial charge in [0.2, 0.25) is 0 Å². The second-order valence-electron chi connectivity index (χ2n) is 17.8. The summed E-state index contributed by atoms with van der Waals surface area (Å²) in [6.45, 7) is 6.56. The standard InChI is InChI=1S/C28H25FN6O2.C16H17N5O.C10H8FN3O2/c29-22-14-21(16-30-17-22)25-13-19(15-32-25)12-23(36)11-18-1-3-20(4-2-18)27-33-24-5-6-31-28(26(24)34-27)35-7-9-37-10-8-35;17-12-3-1-11(2-4-12)15-19-13-5-6-18-16(14(13)20-15)21-7-9-22-10-8-21;11-7-1-6(4-12-5-7)9-2-8(13-14-9)3-10(15)16/h1-6,13-14,16-17H,7-12,15H2,(H,33,34);1-6H,7-10,17H2,(H,19,20);1-2,4-5H,3H2,(H,13,14)(H,15,16). The molecule has 7 aromatic heterocycles. The number of halogens is 2. The van der Waals surface area contributed by atoms with Gasteiger partial charge in [0.1, 0.15) is 40.1 Å². The van der Waals surface area contributed by atoms with Gasteiger partial charge in [-0.1, -0.05) is 24.3 Å². The maximum absolute atomic E-state index is 13.4. The molecule has 0 unspecified atom stereocenters. The van der Waals surface area contributed by atoms with Crippen molar-refractivity contribution in [1.82, 2.24) is 50.1 Å². The highest BCUT2D eigenvalue weighted by molar-refractivity contribution is 6.10. The number of aliphatic imine (C=N–C) groups is 1. The van der Waals surface area contributed by atoms with E-state index in [0.717, 1.165) is 125 Å². The number of ether oxygens (including phenoxy) is 2. The molecule has 12 rings (SSSR count). The number of pyridine rings is 4. The van der Waals surface area contributed by atoms with Gasteiger partial charge in [0.15, 0.2) is 11.6 Å². The summed E-state index contributed by atoms with van der Waals surface area (Å²) in [6.07, 6.45) is 11.3. The first kappa shape index (κ1) is 49.5. The first-order chi connectivity index (χ1) is 36.6. The number of carbonyl (C=O) groups excluding carboxylic acids is 1. The van der Waals surface area contributed by atoms with Crippen LogP contribution in [-0.2, 0) is 31.9 Å². The van der Waals surface area contributed by atoms with Gasteiger partial charge in [0, 0.05) is 97.4 Å². The molecule has 380 valence electrons. The van der Waals surface area contributed by atoms with Crippen molar-refractivity contribution >= 4 is 56.9 Å². The van der Waals surface area contributed by atoms with Crippen molar-refractivity contribution in [3.05, 3.63) is 156 Å². The monoisotopic (exact) mass is 1010 g/mol. The van der Waals surface area contributed by atoms with E-state index in [4.69, 9.17) is 30.3 Å². The second kappa shape index (κ2) is 22.8. The molecule has 0 atom stereocenters. The van der Waals surface area contributed by atoms with Gasteiger partial charge in [0.25, 0.3) is 0 Å². The van der Waals surface area contributed by atoms with Gasteiger partial charge in [-0.15, -0.1) is 0 Å². The van der Waals surface area contributed by atoms with E-state index in [1.165, 1.54) is 18.3 Å². The number of carboxylic acids is 1. The van der Waals surface area contributed by atoms with E-state index in [1.54, 1.807) is 18.5 Å². The number of nitrogens with one attached hydrogen (secondary N) is 3.